The number of thiophene rings is 1. The van der Waals surface area contributed by atoms with Crippen molar-refractivity contribution in [2.24, 2.45) is 0 Å². The largest absolute Gasteiger partial charge is 0.373 e. The van der Waals surface area contributed by atoms with Crippen LogP contribution in [0.25, 0.3) is 0 Å². The Morgan fingerprint density at radius 3 is 2.76 bits per heavy atom. The molecule has 1 unspecified atom stereocenters. The van der Waals surface area contributed by atoms with Gasteiger partial charge in [0.2, 0.25) is 0 Å². The fraction of sp³-hybridized carbons (Fsp3) is 0.350. The molecule has 1 atom stereocenters. The van der Waals surface area contributed by atoms with Gasteiger partial charge in [-0.2, -0.15) is 0 Å². The van der Waals surface area contributed by atoms with Gasteiger partial charge in [-0.15, -0.1) is 22.7 Å². The molecular formula is C20H22N2OS2. The van der Waals surface area contributed by atoms with Crippen LogP contribution in [0.2, 0.25) is 0 Å². The molecule has 4 rings (SSSR count). The second-order valence-electron chi connectivity index (χ2n) is 6.36. The molecule has 1 aliphatic rings. The fourth-order valence-corrected chi connectivity index (χ4v) is 5.00. The van der Waals surface area contributed by atoms with Crippen molar-refractivity contribution in [1.29, 1.82) is 0 Å². The summed E-state index contributed by atoms with van der Waals surface area (Å²) in [5.41, 5.74) is 1.34. The van der Waals surface area contributed by atoms with Gasteiger partial charge in [0, 0.05) is 41.0 Å². The van der Waals surface area contributed by atoms with Crippen LogP contribution in [0.1, 0.15) is 39.3 Å². The Bertz CT molecular complexity index is 764. The molecule has 0 N–H and O–H groups in total. The number of thiazole rings is 1. The third-order valence-corrected chi connectivity index (χ3v) is 6.33. The van der Waals surface area contributed by atoms with Crippen molar-refractivity contribution in [2.45, 2.75) is 38.6 Å². The third-order valence-electron chi connectivity index (χ3n) is 4.40. The predicted molar refractivity (Wildman–Crippen MR) is 104 cm³/mol. The summed E-state index contributed by atoms with van der Waals surface area (Å²) in [6, 6.07) is 15.2. The lowest BCUT2D eigenvalue weighted by atomic mass is 10.2. The maximum Gasteiger partial charge on any atom is 0.107 e. The van der Waals surface area contributed by atoms with Crippen LogP contribution in [0.15, 0.2) is 54.0 Å². The highest BCUT2D eigenvalue weighted by molar-refractivity contribution is 7.12. The number of hydrogen-bond acceptors (Lipinski definition) is 5. The fourth-order valence-electron chi connectivity index (χ4n) is 3.21. The Balaban J connectivity index is 1.47. The number of rotatable bonds is 7. The normalized spacial score (nSPS) is 17.4. The Morgan fingerprint density at radius 2 is 2.00 bits per heavy atom. The third kappa shape index (κ3) is 4.55. The van der Waals surface area contributed by atoms with Gasteiger partial charge in [-0.25, -0.2) is 4.98 Å². The van der Waals surface area contributed by atoms with Gasteiger partial charge >= 0.3 is 0 Å². The van der Waals surface area contributed by atoms with E-state index in [0.29, 0.717) is 6.10 Å². The minimum atomic E-state index is 0.320. The summed E-state index contributed by atoms with van der Waals surface area (Å²) in [5.74, 6) is 0. The summed E-state index contributed by atoms with van der Waals surface area (Å²) < 4.78 is 5.83. The van der Waals surface area contributed by atoms with E-state index >= 15 is 0 Å². The smallest absolute Gasteiger partial charge is 0.107 e. The Morgan fingerprint density at radius 1 is 1.08 bits per heavy atom. The number of aromatic nitrogens is 1. The molecule has 130 valence electrons. The van der Waals surface area contributed by atoms with Crippen molar-refractivity contribution >= 4 is 22.7 Å². The van der Waals surface area contributed by atoms with Gasteiger partial charge < -0.3 is 4.74 Å². The quantitative estimate of drug-likeness (QED) is 0.567. The predicted octanol–water partition coefficient (Wildman–Crippen LogP) is 5.26. The molecule has 0 amide bonds. The van der Waals surface area contributed by atoms with E-state index in [1.165, 1.54) is 26.7 Å². The van der Waals surface area contributed by atoms with Crippen LogP contribution < -0.4 is 0 Å². The van der Waals surface area contributed by atoms with Gasteiger partial charge in [-0.05, 0) is 30.5 Å². The van der Waals surface area contributed by atoms with Crippen LogP contribution in [0.5, 0.6) is 0 Å². The van der Waals surface area contributed by atoms with Crippen LogP contribution in [0.3, 0.4) is 0 Å². The van der Waals surface area contributed by atoms with E-state index in [4.69, 9.17) is 4.74 Å². The SMILES string of the molecule is c1ccc(CN(Cc2ccc(C3CCCO3)s2)Cc2nccs2)cc1. The molecule has 5 heteroatoms. The summed E-state index contributed by atoms with van der Waals surface area (Å²) in [6.45, 7) is 3.68. The molecule has 25 heavy (non-hydrogen) atoms. The molecule has 0 bridgehead atoms. The highest BCUT2D eigenvalue weighted by atomic mass is 32.1. The maximum absolute atomic E-state index is 5.83. The molecule has 0 radical (unpaired) electrons. The first kappa shape index (κ1) is 16.9. The van der Waals surface area contributed by atoms with Crippen molar-refractivity contribution in [1.82, 2.24) is 9.88 Å². The Labute approximate surface area is 156 Å². The highest BCUT2D eigenvalue weighted by Crippen LogP contribution is 2.34. The van der Waals surface area contributed by atoms with E-state index in [2.05, 4.69) is 57.7 Å². The zero-order valence-electron chi connectivity index (χ0n) is 14.1. The zero-order valence-corrected chi connectivity index (χ0v) is 15.8. The van der Waals surface area contributed by atoms with Crippen LogP contribution in [-0.4, -0.2) is 16.5 Å². The highest BCUT2D eigenvalue weighted by Gasteiger charge is 2.20. The first-order valence-corrected chi connectivity index (χ1v) is 10.4. The number of ether oxygens (including phenoxy) is 1. The molecule has 3 nitrogen and oxygen atoms in total. The van der Waals surface area contributed by atoms with E-state index in [1.807, 2.05) is 17.5 Å². The second kappa shape index (κ2) is 8.23. The molecule has 1 aromatic carbocycles. The number of hydrogen-bond donors (Lipinski definition) is 0. The molecule has 3 heterocycles. The molecule has 2 aromatic heterocycles. The van der Waals surface area contributed by atoms with E-state index in [-0.39, 0.29) is 0 Å². The first-order valence-electron chi connectivity index (χ1n) is 8.72. The van der Waals surface area contributed by atoms with Crippen LogP contribution in [0, 0.1) is 0 Å². The van der Waals surface area contributed by atoms with E-state index < -0.39 is 0 Å². The molecule has 1 fully saturated rings. The average Bonchev–Trinajstić information content (AvgIpc) is 3.38. The first-order chi connectivity index (χ1) is 12.4. The summed E-state index contributed by atoms with van der Waals surface area (Å²) in [6.07, 6.45) is 4.55. The number of nitrogens with zero attached hydrogens (tertiary/aromatic N) is 2. The topological polar surface area (TPSA) is 25.4 Å². The van der Waals surface area contributed by atoms with Crippen LogP contribution in [-0.2, 0) is 24.4 Å². The van der Waals surface area contributed by atoms with Crippen LogP contribution >= 0.6 is 22.7 Å². The van der Waals surface area contributed by atoms with Crippen LogP contribution in [0.4, 0.5) is 0 Å². The molecular weight excluding hydrogens is 348 g/mol. The molecule has 0 saturated carbocycles. The maximum atomic E-state index is 5.83. The van der Waals surface area contributed by atoms with E-state index in [1.54, 1.807) is 11.3 Å². The van der Waals surface area contributed by atoms with Crippen molar-refractivity contribution in [3.8, 4) is 0 Å². The lowest BCUT2D eigenvalue weighted by Gasteiger charge is -2.20. The monoisotopic (exact) mass is 370 g/mol. The van der Waals surface area contributed by atoms with Crippen molar-refractivity contribution in [3.05, 3.63) is 74.4 Å². The average molecular weight is 371 g/mol. The van der Waals surface area contributed by atoms with Gasteiger partial charge in [-0.1, -0.05) is 30.3 Å². The lowest BCUT2D eigenvalue weighted by Crippen LogP contribution is -2.21. The summed E-state index contributed by atoms with van der Waals surface area (Å²) in [5, 5.41) is 3.23. The molecule has 3 aromatic rings. The summed E-state index contributed by atoms with van der Waals surface area (Å²) >= 11 is 3.63. The molecule has 1 saturated heterocycles. The van der Waals surface area contributed by atoms with Gasteiger partial charge in [0.1, 0.15) is 5.01 Å². The van der Waals surface area contributed by atoms with Gasteiger partial charge in [0.15, 0.2) is 0 Å². The molecule has 0 spiro atoms. The van der Waals surface area contributed by atoms with Crippen molar-refractivity contribution in [2.75, 3.05) is 6.61 Å². The van der Waals surface area contributed by atoms with Crippen molar-refractivity contribution < 1.29 is 4.74 Å². The van der Waals surface area contributed by atoms with E-state index in [0.717, 1.165) is 32.7 Å². The minimum Gasteiger partial charge on any atom is -0.373 e. The Hall–Kier alpha value is -1.53. The lowest BCUT2D eigenvalue weighted by molar-refractivity contribution is 0.114. The van der Waals surface area contributed by atoms with Gasteiger partial charge in [-0.3, -0.25) is 4.90 Å². The Kier molecular flexibility index (Phi) is 5.57. The van der Waals surface area contributed by atoms with Gasteiger partial charge in [0.25, 0.3) is 0 Å². The summed E-state index contributed by atoms with van der Waals surface area (Å²) in [4.78, 5) is 9.72. The zero-order chi connectivity index (χ0) is 16.9. The number of benzene rings is 1. The van der Waals surface area contributed by atoms with Crippen molar-refractivity contribution in [3.63, 3.8) is 0 Å². The molecule has 1 aliphatic heterocycles. The second-order valence-corrected chi connectivity index (χ2v) is 8.54. The van der Waals surface area contributed by atoms with E-state index in [9.17, 15) is 0 Å². The summed E-state index contributed by atoms with van der Waals surface area (Å²) in [7, 11) is 0. The van der Waals surface area contributed by atoms with Gasteiger partial charge in [0.05, 0.1) is 12.6 Å². The molecule has 0 aliphatic carbocycles. The standard InChI is InChI=1S/C20H22N2OS2/c1-2-5-16(6-3-1)13-22(15-20-21-10-12-24-20)14-17-8-9-19(25-17)18-7-4-11-23-18/h1-3,5-6,8-10,12,18H,4,7,11,13-15H2. The minimum absolute atomic E-state index is 0.320.